The van der Waals surface area contributed by atoms with Crippen LogP contribution in [0.15, 0.2) is 46.1 Å². The van der Waals surface area contributed by atoms with E-state index in [0.717, 1.165) is 5.56 Å². The second kappa shape index (κ2) is 5.74. The fraction of sp³-hybridized carbons (Fsp3) is 0.286. The number of rotatable bonds is 2. The highest BCUT2D eigenvalue weighted by atomic mass is 127. The van der Waals surface area contributed by atoms with Gasteiger partial charge in [-0.3, -0.25) is 19.2 Å². The van der Waals surface area contributed by atoms with Crippen molar-refractivity contribution < 1.29 is 4.84 Å². The summed E-state index contributed by atoms with van der Waals surface area (Å²) in [5.74, 6) is 0. The predicted octanol–water partition coefficient (Wildman–Crippen LogP) is 1.65. The van der Waals surface area contributed by atoms with E-state index >= 15 is 0 Å². The van der Waals surface area contributed by atoms with Crippen LogP contribution in [0.2, 0.25) is 0 Å². The Morgan fingerprint density at radius 3 is 2.71 bits per heavy atom. The third kappa shape index (κ3) is 2.81. The van der Waals surface area contributed by atoms with Crippen LogP contribution in [0.5, 0.6) is 0 Å². The average molecular weight is 399 g/mol. The molecule has 0 spiro atoms. The van der Waals surface area contributed by atoms with Gasteiger partial charge in [-0.15, -0.1) is 0 Å². The summed E-state index contributed by atoms with van der Waals surface area (Å²) in [6.45, 7) is 0. The van der Waals surface area contributed by atoms with Gasteiger partial charge in [-0.2, -0.15) is 5.06 Å². The maximum absolute atomic E-state index is 11.9. The lowest BCUT2D eigenvalue weighted by Crippen LogP contribution is -2.33. The fourth-order valence-electron chi connectivity index (χ4n) is 2.51. The van der Waals surface area contributed by atoms with Crippen LogP contribution in [-0.2, 0) is 4.84 Å². The third-order valence-corrected chi connectivity index (χ3v) is 4.34. The zero-order valence-corrected chi connectivity index (χ0v) is 13.5. The van der Waals surface area contributed by atoms with Crippen molar-refractivity contribution >= 4 is 22.6 Å². The molecule has 1 aromatic carbocycles. The quantitative estimate of drug-likeness (QED) is 0.781. The monoisotopic (exact) mass is 399 g/mol. The van der Waals surface area contributed by atoms with Gasteiger partial charge in [-0.25, -0.2) is 4.79 Å². The van der Waals surface area contributed by atoms with Gasteiger partial charge in [0.1, 0.15) is 0 Å². The summed E-state index contributed by atoms with van der Waals surface area (Å²) in [6.07, 6.45) is 1.76. The average Bonchev–Trinajstić information content (AvgIpc) is 2.85. The molecule has 0 saturated carbocycles. The molecule has 1 saturated heterocycles. The molecular weight excluding hydrogens is 385 g/mol. The van der Waals surface area contributed by atoms with Crippen LogP contribution in [-0.4, -0.2) is 21.7 Å². The highest BCUT2D eigenvalue weighted by Crippen LogP contribution is 2.37. The fourth-order valence-corrected chi connectivity index (χ4v) is 2.94. The number of benzene rings is 1. The van der Waals surface area contributed by atoms with Crippen LogP contribution in [0.3, 0.4) is 0 Å². The van der Waals surface area contributed by atoms with E-state index in [-0.39, 0.29) is 11.6 Å². The first-order valence-corrected chi connectivity index (χ1v) is 7.59. The second-order valence-corrected chi connectivity index (χ2v) is 6.07. The van der Waals surface area contributed by atoms with E-state index in [1.54, 1.807) is 5.06 Å². The molecule has 1 N–H and O–H groups in total. The van der Waals surface area contributed by atoms with Crippen molar-refractivity contribution in [2.45, 2.75) is 18.7 Å². The molecule has 0 radical (unpaired) electrons. The molecule has 1 fully saturated rings. The molecule has 0 bridgehead atoms. The summed E-state index contributed by atoms with van der Waals surface area (Å²) in [5, 5.41) is 1.75. The van der Waals surface area contributed by atoms with Crippen molar-refractivity contribution in [2.24, 2.45) is 0 Å². The molecule has 1 aliphatic heterocycles. The largest absolute Gasteiger partial charge is 0.330 e. The Hall–Kier alpha value is -1.45. The number of hydrogen-bond donors (Lipinski definition) is 1. The molecule has 7 heteroatoms. The van der Waals surface area contributed by atoms with Crippen LogP contribution in [0, 0.1) is 3.57 Å². The Morgan fingerprint density at radius 1 is 1.29 bits per heavy atom. The van der Waals surface area contributed by atoms with Gasteiger partial charge in [0.25, 0.3) is 5.56 Å². The smallest absolute Gasteiger partial charge is 0.273 e. The molecular formula is C14H14IN3O3. The number of hydrogen-bond acceptors (Lipinski definition) is 4. The van der Waals surface area contributed by atoms with Crippen LogP contribution < -0.4 is 11.2 Å². The minimum atomic E-state index is -0.451. The van der Waals surface area contributed by atoms with Crippen LogP contribution in [0.25, 0.3) is 0 Å². The van der Waals surface area contributed by atoms with Crippen LogP contribution in [0.4, 0.5) is 0 Å². The number of H-pyrrole nitrogens is 1. The predicted molar refractivity (Wildman–Crippen MR) is 85.7 cm³/mol. The maximum atomic E-state index is 11.9. The second-order valence-electron chi connectivity index (χ2n) is 4.91. The zero-order chi connectivity index (χ0) is 15.0. The molecule has 2 heterocycles. The van der Waals surface area contributed by atoms with Crippen molar-refractivity contribution in [2.75, 3.05) is 7.05 Å². The minimum Gasteiger partial charge on any atom is -0.273 e. The lowest BCUT2D eigenvalue weighted by Gasteiger charge is -2.17. The van der Waals surface area contributed by atoms with E-state index in [9.17, 15) is 9.59 Å². The summed E-state index contributed by atoms with van der Waals surface area (Å²) in [7, 11) is 1.85. The number of hydroxylamine groups is 2. The van der Waals surface area contributed by atoms with Crippen molar-refractivity contribution in [3.05, 3.63) is 66.5 Å². The highest BCUT2D eigenvalue weighted by Gasteiger charge is 2.33. The molecule has 1 aromatic heterocycles. The van der Waals surface area contributed by atoms with E-state index in [1.165, 1.54) is 10.8 Å². The van der Waals surface area contributed by atoms with Crippen LogP contribution in [0.1, 0.15) is 24.3 Å². The number of halogens is 1. The van der Waals surface area contributed by atoms with Gasteiger partial charge < -0.3 is 0 Å². The number of aromatic amines is 1. The summed E-state index contributed by atoms with van der Waals surface area (Å²) >= 11 is 1.90. The first-order valence-electron chi connectivity index (χ1n) is 6.52. The summed E-state index contributed by atoms with van der Waals surface area (Å²) in [4.78, 5) is 31.4. The molecule has 1 aliphatic rings. The van der Waals surface area contributed by atoms with Gasteiger partial charge in [0, 0.05) is 19.7 Å². The molecule has 3 rings (SSSR count). The summed E-state index contributed by atoms with van der Waals surface area (Å²) in [5.41, 5.74) is 0.310. The van der Waals surface area contributed by atoms with E-state index in [2.05, 4.69) is 4.98 Å². The number of aromatic nitrogens is 2. The normalized spacial score (nSPS) is 22.6. The SMILES string of the molecule is CN1O[C@@H](n2cc(I)c(=O)[nH]c2=O)C[C@@H]1c1ccccc1. The van der Waals surface area contributed by atoms with Crippen LogP contribution >= 0.6 is 22.6 Å². The van der Waals surface area contributed by atoms with Crippen molar-refractivity contribution in [1.82, 2.24) is 14.6 Å². The Balaban J connectivity index is 1.92. The van der Waals surface area contributed by atoms with Gasteiger partial charge in [0.15, 0.2) is 6.23 Å². The van der Waals surface area contributed by atoms with Crippen molar-refractivity contribution in [3.63, 3.8) is 0 Å². The van der Waals surface area contributed by atoms with Gasteiger partial charge >= 0.3 is 5.69 Å². The van der Waals surface area contributed by atoms with Gasteiger partial charge in [0.2, 0.25) is 0 Å². The lowest BCUT2D eigenvalue weighted by atomic mass is 10.0. The summed E-state index contributed by atoms with van der Waals surface area (Å²) in [6, 6.07) is 10.1. The van der Waals surface area contributed by atoms with Gasteiger partial charge in [-0.05, 0) is 28.2 Å². The minimum absolute atomic E-state index is 0.0766. The highest BCUT2D eigenvalue weighted by molar-refractivity contribution is 14.1. The summed E-state index contributed by atoms with van der Waals surface area (Å²) < 4.78 is 1.89. The molecule has 0 aliphatic carbocycles. The van der Waals surface area contributed by atoms with Crippen molar-refractivity contribution in [3.8, 4) is 0 Å². The van der Waals surface area contributed by atoms with Gasteiger partial charge in [-0.1, -0.05) is 30.3 Å². The Kier molecular flexibility index (Phi) is 3.96. The third-order valence-electron chi connectivity index (χ3n) is 3.57. The number of nitrogens with one attached hydrogen (secondary N) is 1. The molecule has 2 aromatic rings. The van der Waals surface area contributed by atoms with E-state index in [0.29, 0.717) is 9.99 Å². The Morgan fingerprint density at radius 2 is 2.00 bits per heavy atom. The molecule has 2 atom stereocenters. The van der Waals surface area contributed by atoms with Crippen molar-refractivity contribution in [1.29, 1.82) is 0 Å². The molecule has 0 amide bonds. The first-order chi connectivity index (χ1) is 10.1. The lowest BCUT2D eigenvalue weighted by molar-refractivity contribution is -0.167. The van der Waals surface area contributed by atoms with E-state index in [1.807, 2.05) is 60.0 Å². The zero-order valence-electron chi connectivity index (χ0n) is 11.3. The number of nitrogens with zero attached hydrogens (tertiary/aromatic N) is 2. The Labute approximate surface area is 134 Å². The van der Waals surface area contributed by atoms with Gasteiger partial charge in [0.05, 0.1) is 9.61 Å². The maximum Gasteiger partial charge on any atom is 0.330 e. The molecule has 6 nitrogen and oxygen atoms in total. The standard InChI is InChI=1S/C14H14IN3O3/c1-17-11(9-5-3-2-4-6-9)7-12(21-17)18-8-10(15)13(19)16-14(18)20/h2-6,8,11-12H,7H2,1H3,(H,16,19,20)/t11-,12-/m1/s1. The molecule has 21 heavy (non-hydrogen) atoms. The molecule has 0 unspecified atom stereocenters. The first kappa shape index (κ1) is 14.5. The molecule has 110 valence electrons. The van der Waals surface area contributed by atoms with E-state index in [4.69, 9.17) is 4.84 Å². The topological polar surface area (TPSA) is 67.3 Å². The van der Waals surface area contributed by atoms with E-state index < -0.39 is 11.9 Å². The Bertz CT molecular complexity index is 756.